The van der Waals surface area contributed by atoms with Crippen LogP contribution in [-0.2, 0) is 14.3 Å². The first-order valence-corrected chi connectivity index (χ1v) is 5.26. The number of aliphatic carboxylic acids is 1. The predicted molar refractivity (Wildman–Crippen MR) is 53.5 cm³/mol. The van der Waals surface area contributed by atoms with Crippen molar-refractivity contribution in [1.29, 1.82) is 0 Å². The van der Waals surface area contributed by atoms with Crippen molar-refractivity contribution >= 4 is 11.9 Å². The van der Waals surface area contributed by atoms with E-state index in [2.05, 4.69) is 5.32 Å². The molecule has 0 aromatic carbocycles. The number of carboxylic acids is 1. The standard InChI is InChI=1S/C10H16N2O4/c13-9(1-2-10(14)15)11-3-4-12-5-7-16-8-6-12/h1-2H,3-8H2,(H,11,13)(H,14,15)/b2-1+. The maximum atomic E-state index is 11.1. The number of nitrogens with one attached hydrogen (secondary N) is 2. The van der Waals surface area contributed by atoms with Gasteiger partial charge in [-0.25, -0.2) is 0 Å². The van der Waals surface area contributed by atoms with Gasteiger partial charge in [0.2, 0.25) is 5.91 Å². The minimum absolute atomic E-state index is 0.406. The van der Waals surface area contributed by atoms with Crippen LogP contribution in [0.4, 0.5) is 0 Å². The Morgan fingerprint density at radius 3 is 2.62 bits per heavy atom. The summed E-state index contributed by atoms with van der Waals surface area (Å²) in [6.07, 6.45) is 1.68. The van der Waals surface area contributed by atoms with Gasteiger partial charge in [0.1, 0.15) is 13.1 Å². The van der Waals surface area contributed by atoms with Crippen LogP contribution in [0.1, 0.15) is 0 Å². The van der Waals surface area contributed by atoms with E-state index in [1.807, 2.05) is 0 Å². The van der Waals surface area contributed by atoms with Gasteiger partial charge in [0.25, 0.3) is 0 Å². The normalized spacial score (nSPS) is 17.5. The molecule has 6 heteroatoms. The third kappa shape index (κ3) is 5.47. The largest absolute Gasteiger partial charge is 0.545 e. The summed E-state index contributed by atoms with van der Waals surface area (Å²) in [6.45, 7) is 4.77. The maximum Gasteiger partial charge on any atom is 0.244 e. The zero-order chi connectivity index (χ0) is 11.8. The molecule has 1 fully saturated rings. The van der Waals surface area contributed by atoms with E-state index in [9.17, 15) is 14.7 Å². The van der Waals surface area contributed by atoms with Crippen molar-refractivity contribution < 1.29 is 24.3 Å². The van der Waals surface area contributed by atoms with E-state index in [0.29, 0.717) is 6.54 Å². The summed E-state index contributed by atoms with van der Waals surface area (Å²) in [5, 5.41) is 12.6. The van der Waals surface area contributed by atoms with Gasteiger partial charge in [-0.05, 0) is 6.08 Å². The second kappa shape index (κ2) is 6.97. The average molecular weight is 228 g/mol. The van der Waals surface area contributed by atoms with Crippen molar-refractivity contribution in [2.75, 3.05) is 39.4 Å². The van der Waals surface area contributed by atoms with E-state index < -0.39 is 11.9 Å². The van der Waals surface area contributed by atoms with Crippen LogP contribution in [0.2, 0.25) is 0 Å². The van der Waals surface area contributed by atoms with Gasteiger partial charge in [-0.3, -0.25) is 4.79 Å². The monoisotopic (exact) mass is 228 g/mol. The lowest BCUT2D eigenvalue weighted by Crippen LogP contribution is -3.14. The SMILES string of the molecule is O=C([O-])/C=C/C(=O)NCC[NH+]1CCOCC1. The van der Waals surface area contributed by atoms with Crippen molar-refractivity contribution in [1.82, 2.24) is 5.32 Å². The summed E-state index contributed by atoms with van der Waals surface area (Å²) >= 11 is 0. The predicted octanol–water partition coefficient (Wildman–Crippen LogP) is -3.68. The van der Waals surface area contributed by atoms with Gasteiger partial charge in [0.15, 0.2) is 0 Å². The van der Waals surface area contributed by atoms with E-state index in [4.69, 9.17) is 4.74 Å². The van der Waals surface area contributed by atoms with Gasteiger partial charge >= 0.3 is 0 Å². The summed E-state index contributed by atoms with van der Waals surface area (Å²) in [5.74, 6) is -1.77. The molecule has 90 valence electrons. The zero-order valence-electron chi connectivity index (χ0n) is 9.03. The van der Waals surface area contributed by atoms with Crippen LogP contribution in [0.15, 0.2) is 12.2 Å². The van der Waals surface area contributed by atoms with Crippen LogP contribution in [0.25, 0.3) is 0 Å². The summed E-state index contributed by atoms with van der Waals surface area (Å²) in [6, 6.07) is 0. The van der Waals surface area contributed by atoms with Gasteiger partial charge in [-0.15, -0.1) is 0 Å². The number of carbonyl (C=O) groups excluding carboxylic acids is 2. The fraction of sp³-hybridized carbons (Fsp3) is 0.600. The Balaban J connectivity index is 2.09. The summed E-state index contributed by atoms with van der Waals surface area (Å²) in [7, 11) is 0. The topological polar surface area (TPSA) is 82.9 Å². The van der Waals surface area contributed by atoms with Gasteiger partial charge in [-0.2, -0.15) is 0 Å². The van der Waals surface area contributed by atoms with Crippen LogP contribution in [0.5, 0.6) is 0 Å². The number of morpholine rings is 1. The molecule has 1 aliphatic heterocycles. The first kappa shape index (κ1) is 12.7. The van der Waals surface area contributed by atoms with Crippen LogP contribution >= 0.6 is 0 Å². The van der Waals surface area contributed by atoms with E-state index in [0.717, 1.165) is 45.0 Å². The first-order valence-electron chi connectivity index (χ1n) is 5.26. The van der Waals surface area contributed by atoms with Crippen LogP contribution < -0.4 is 15.3 Å². The van der Waals surface area contributed by atoms with E-state index in [1.54, 1.807) is 0 Å². The number of rotatable bonds is 5. The highest BCUT2D eigenvalue weighted by Crippen LogP contribution is 1.75. The van der Waals surface area contributed by atoms with E-state index >= 15 is 0 Å². The van der Waals surface area contributed by atoms with Crippen molar-refractivity contribution in [3.05, 3.63) is 12.2 Å². The number of hydrogen-bond acceptors (Lipinski definition) is 4. The van der Waals surface area contributed by atoms with Crippen LogP contribution in [-0.4, -0.2) is 51.3 Å². The van der Waals surface area contributed by atoms with Crippen LogP contribution in [0, 0.1) is 0 Å². The molecule has 0 aromatic rings. The summed E-state index contributed by atoms with van der Waals surface area (Å²) in [4.78, 5) is 22.5. The molecule has 0 aliphatic carbocycles. The van der Waals surface area contributed by atoms with Gasteiger partial charge in [0, 0.05) is 6.08 Å². The molecule has 1 amide bonds. The number of carboxylic acid groups (broad SMARTS) is 1. The summed E-state index contributed by atoms with van der Waals surface area (Å²) < 4.78 is 5.20. The number of hydrogen-bond donors (Lipinski definition) is 2. The molecule has 1 rings (SSSR count). The Hall–Kier alpha value is -1.40. The quantitative estimate of drug-likeness (QED) is 0.475. The zero-order valence-corrected chi connectivity index (χ0v) is 9.03. The number of amides is 1. The number of ether oxygens (including phenoxy) is 1. The number of carbonyl (C=O) groups is 2. The minimum atomic E-state index is -1.37. The maximum absolute atomic E-state index is 11.1. The van der Waals surface area contributed by atoms with Crippen molar-refractivity contribution in [2.24, 2.45) is 0 Å². The molecule has 0 bridgehead atoms. The molecule has 0 unspecified atom stereocenters. The first-order chi connectivity index (χ1) is 7.68. The fourth-order valence-corrected chi connectivity index (χ4v) is 1.48. The molecule has 1 heterocycles. The second-order valence-corrected chi connectivity index (χ2v) is 3.56. The third-order valence-electron chi connectivity index (χ3n) is 2.35. The molecule has 0 spiro atoms. The molecule has 2 N–H and O–H groups in total. The molecule has 0 atom stereocenters. The van der Waals surface area contributed by atoms with Crippen LogP contribution in [0.3, 0.4) is 0 Å². The third-order valence-corrected chi connectivity index (χ3v) is 2.35. The second-order valence-electron chi connectivity index (χ2n) is 3.56. The minimum Gasteiger partial charge on any atom is -0.545 e. The van der Waals surface area contributed by atoms with Crippen molar-refractivity contribution in [3.8, 4) is 0 Å². The molecule has 16 heavy (non-hydrogen) atoms. The Bertz CT molecular complexity index is 272. The lowest BCUT2D eigenvalue weighted by atomic mass is 10.4. The molecule has 0 aromatic heterocycles. The fourth-order valence-electron chi connectivity index (χ4n) is 1.48. The van der Waals surface area contributed by atoms with Crippen molar-refractivity contribution in [3.63, 3.8) is 0 Å². The molecule has 6 nitrogen and oxygen atoms in total. The lowest BCUT2D eigenvalue weighted by molar-refractivity contribution is -0.906. The summed E-state index contributed by atoms with van der Waals surface area (Å²) in [5.41, 5.74) is 0. The van der Waals surface area contributed by atoms with Gasteiger partial charge in [0.05, 0.1) is 32.3 Å². The Labute approximate surface area is 93.9 Å². The Morgan fingerprint density at radius 1 is 1.31 bits per heavy atom. The molecule has 0 saturated carbocycles. The Morgan fingerprint density at radius 2 is 2.00 bits per heavy atom. The van der Waals surface area contributed by atoms with E-state index in [-0.39, 0.29) is 0 Å². The lowest BCUT2D eigenvalue weighted by Gasteiger charge is -2.23. The highest BCUT2D eigenvalue weighted by atomic mass is 16.5. The molecular weight excluding hydrogens is 212 g/mol. The Kier molecular flexibility index (Phi) is 5.52. The molecule has 1 saturated heterocycles. The smallest absolute Gasteiger partial charge is 0.244 e. The molecule has 1 aliphatic rings. The van der Waals surface area contributed by atoms with Crippen molar-refractivity contribution in [2.45, 2.75) is 0 Å². The van der Waals surface area contributed by atoms with E-state index in [1.165, 1.54) is 4.90 Å². The highest BCUT2D eigenvalue weighted by molar-refractivity contribution is 5.93. The van der Waals surface area contributed by atoms with Gasteiger partial charge in [-0.1, -0.05) is 0 Å². The highest BCUT2D eigenvalue weighted by Gasteiger charge is 2.12. The molecule has 0 radical (unpaired) electrons. The average Bonchev–Trinajstić information content (AvgIpc) is 2.28. The van der Waals surface area contributed by atoms with Gasteiger partial charge < -0.3 is 24.9 Å². The number of quaternary nitrogens is 1. The molecular formula is C10H16N2O4.